The number of carbonyl (C=O) groups excluding carboxylic acids is 1. The number of piperidine rings is 1. The highest BCUT2D eigenvalue weighted by atomic mass is 35.5. The Morgan fingerprint density at radius 2 is 1.96 bits per heavy atom. The van der Waals surface area contributed by atoms with E-state index in [0.29, 0.717) is 5.02 Å². The number of nitrogens with one attached hydrogen (secondary N) is 1. The summed E-state index contributed by atoms with van der Waals surface area (Å²) in [6, 6.07) is 16.0. The third-order valence-electron chi connectivity index (χ3n) is 5.09. The molecule has 0 aromatic heterocycles. The maximum absolute atomic E-state index is 12.2. The Morgan fingerprint density at radius 1 is 1.22 bits per heavy atom. The van der Waals surface area contributed by atoms with E-state index in [2.05, 4.69) is 41.4 Å². The van der Waals surface area contributed by atoms with Gasteiger partial charge < -0.3 is 10.2 Å². The van der Waals surface area contributed by atoms with Gasteiger partial charge in [0, 0.05) is 29.9 Å². The highest BCUT2D eigenvalue weighted by Gasteiger charge is 2.17. The molecule has 0 unspecified atom stereocenters. The second kappa shape index (κ2) is 9.09. The number of halogens is 1. The molecule has 1 amide bonds. The molecule has 0 bridgehead atoms. The van der Waals surface area contributed by atoms with E-state index >= 15 is 0 Å². The van der Waals surface area contributed by atoms with Crippen molar-refractivity contribution < 1.29 is 4.79 Å². The van der Waals surface area contributed by atoms with Gasteiger partial charge in [0.1, 0.15) is 0 Å². The van der Waals surface area contributed by atoms with Crippen molar-refractivity contribution in [3.8, 4) is 0 Å². The molecule has 2 atom stereocenters. The molecule has 1 fully saturated rings. The molecule has 142 valence electrons. The van der Waals surface area contributed by atoms with Crippen LogP contribution < -0.4 is 10.2 Å². The van der Waals surface area contributed by atoms with Gasteiger partial charge in [-0.3, -0.25) is 4.79 Å². The van der Waals surface area contributed by atoms with Crippen LogP contribution in [0.25, 0.3) is 6.08 Å². The van der Waals surface area contributed by atoms with Crippen LogP contribution in [-0.2, 0) is 4.79 Å². The van der Waals surface area contributed by atoms with E-state index in [9.17, 15) is 4.79 Å². The maximum atomic E-state index is 12.2. The van der Waals surface area contributed by atoms with E-state index in [1.54, 1.807) is 6.08 Å². The third-order valence-corrected chi connectivity index (χ3v) is 5.44. The SMILES string of the molecule is C[C@@H]1CCCN(c2ccc([C@@H](C)NC(=O)/C=C/c3ccccc3Cl)cc2)C1. The van der Waals surface area contributed by atoms with Crippen LogP contribution in [0.4, 0.5) is 5.69 Å². The Morgan fingerprint density at radius 3 is 2.67 bits per heavy atom. The minimum absolute atomic E-state index is 0.0530. The van der Waals surface area contributed by atoms with Gasteiger partial charge in [0.05, 0.1) is 6.04 Å². The second-order valence-corrected chi connectivity index (χ2v) is 7.78. The normalized spacial score (nSPS) is 18.5. The summed E-state index contributed by atoms with van der Waals surface area (Å²) in [5.41, 5.74) is 3.20. The Balaban J connectivity index is 1.58. The van der Waals surface area contributed by atoms with Gasteiger partial charge in [0.15, 0.2) is 0 Å². The molecule has 1 N–H and O–H groups in total. The number of benzene rings is 2. The summed E-state index contributed by atoms with van der Waals surface area (Å²) in [5.74, 6) is 0.623. The summed E-state index contributed by atoms with van der Waals surface area (Å²) in [6.45, 7) is 6.56. The topological polar surface area (TPSA) is 32.3 Å². The van der Waals surface area contributed by atoms with Crippen LogP contribution in [0, 0.1) is 5.92 Å². The van der Waals surface area contributed by atoms with E-state index in [1.165, 1.54) is 24.6 Å². The molecule has 0 aliphatic carbocycles. The van der Waals surface area contributed by atoms with Gasteiger partial charge in [-0.15, -0.1) is 0 Å². The predicted molar refractivity (Wildman–Crippen MR) is 114 cm³/mol. The van der Waals surface area contributed by atoms with Crippen molar-refractivity contribution >= 4 is 29.3 Å². The van der Waals surface area contributed by atoms with Crippen LogP contribution >= 0.6 is 11.6 Å². The van der Waals surface area contributed by atoms with Crippen LogP contribution in [0.15, 0.2) is 54.6 Å². The van der Waals surface area contributed by atoms with E-state index < -0.39 is 0 Å². The molecule has 2 aromatic carbocycles. The quantitative estimate of drug-likeness (QED) is 0.695. The van der Waals surface area contributed by atoms with Crippen LogP contribution in [-0.4, -0.2) is 19.0 Å². The fourth-order valence-corrected chi connectivity index (χ4v) is 3.72. The Hall–Kier alpha value is -2.26. The molecule has 1 aliphatic rings. The van der Waals surface area contributed by atoms with Crippen molar-refractivity contribution in [1.82, 2.24) is 5.32 Å². The van der Waals surface area contributed by atoms with Gasteiger partial charge in [0.25, 0.3) is 0 Å². The van der Waals surface area contributed by atoms with Crippen LogP contribution in [0.1, 0.15) is 43.9 Å². The Kier molecular flexibility index (Phi) is 6.57. The van der Waals surface area contributed by atoms with Gasteiger partial charge in [-0.2, -0.15) is 0 Å². The number of amides is 1. The highest BCUT2D eigenvalue weighted by molar-refractivity contribution is 6.32. The van der Waals surface area contributed by atoms with E-state index in [4.69, 9.17) is 11.6 Å². The van der Waals surface area contributed by atoms with Crippen molar-refractivity contribution in [2.75, 3.05) is 18.0 Å². The molecule has 2 aromatic rings. The molecule has 0 radical (unpaired) electrons. The first-order chi connectivity index (χ1) is 13.0. The minimum Gasteiger partial charge on any atom is -0.371 e. The number of hydrogen-bond donors (Lipinski definition) is 1. The van der Waals surface area contributed by atoms with E-state index in [0.717, 1.165) is 30.1 Å². The molecule has 1 saturated heterocycles. The lowest BCUT2D eigenvalue weighted by atomic mass is 9.99. The zero-order valence-electron chi connectivity index (χ0n) is 16.0. The van der Waals surface area contributed by atoms with Crippen molar-refractivity contribution in [3.05, 3.63) is 70.8 Å². The summed E-state index contributed by atoms with van der Waals surface area (Å²) in [6.07, 6.45) is 5.85. The van der Waals surface area contributed by atoms with Crippen molar-refractivity contribution in [2.45, 2.75) is 32.7 Å². The summed E-state index contributed by atoms with van der Waals surface area (Å²) < 4.78 is 0. The van der Waals surface area contributed by atoms with Gasteiger partial charge in [-0.1, -0.05) is 48.9 Å². The summed E-state index contributed by atoms with van der Waals surface area (Å²) >= 11 is 6.11. The molecule has 3 rings (SSSR count). The summed E-state index contributed by atoms with van der Waals surface area (Å²) in [5, 5.41) is 3.65. The fraction of sp³-hybridized carbons (Fsp3) is 0.348. The zero-order valence-corrected chi connectivity index (χ0v) is 16.7. The molecule has 4 heteroatoms. The lowest BCUT2D eigenvalue weighted by Gasteiger charge is -2.33. The van der Waals surface area contributed by atoms with Crippen molar-refractivity contribution in [1.29, 1.82) is 0 Å². The monoisotopic (exact) mass is 382 g/mol. The van der Waals surface area contributed by atoms with Gasteiger partial charge in [-0.25, -0.2) is 0 Å². The van der Waals surface area contributed by atoms with Gasteiger partial charge in [-0.05, 0) is 61.1 Å². The molecule has 0 saturated carbocycles. The lowest BCUT2D eigenvalue weighted by molar-refractivity contribution is -0.117. The van der Waals surface area contributed by atoms with Gasteiger partial charge in [0.2, 0.25) is 5.91 Å². The van der Waals surface area contributed by atoms with E-state index in [1.807, 2.05) is 31.2 Å². The summed E-state index contributed by atoms with van der Waals surface area (Å²) in [4.78, 5) is 14.7. The second-order valence-electron chi connectivity index (χ2n) is 7.37. The average molecular weight is 383 g/mol. The number of rotatable bonds is 5. The Labute approximate surface area is 167 Å². The van der Waals surface area contributed by atoms with E-state index in [-0.39, 0.29) is 11.9 Å². The van der Waals surface area contributed by atoms with Crippen LogP contribution in [0.3, 0.4) is 0 Å². The standard InChI is InChI=1S/C23H27ClN2O/c1-17-6-5-15-26(16-17)21-12-9-19(10-13-21)18(2)25-23(27)14-11-20-7-3-4-8-22(20)24/h3-4,7-14,17-18H,5-6,15-16H2,1-2H3,(H,25,27)/b14-11+/t17-,18-/m1/s1. The Bertz CT molecular complexity index is 800. The summed E-state index contributed by atoms with van der Waals surface area (Å²) in [7, 11) is 0. The molecule has 27 heavy (non-hydrogen) atoms. The first-order valence-electron chi connectivity index (χ1n) is 9.61. The smallest absolute Gasteiger partial charge is 0.244 e. The van der Waals surface area contributed by atoms with Crippen molar-refractivity contribution in [3.63, 3.8) is 0 Å². The number of hydrogen-bond acceptors (Lipinski definition) is 2. The molecule has 1 heterocycles. The number of nitrogens with zero attached hydrogens (tertiary/aromatic N) is 1. The van der Waals surface area contributed by atoms with Gasteiger partial charge >= 0.3 is 0 Å². The predicted octanol–water partition coefficient (Wildman–Crippen LogP) is 5.47. The molecule has 0 spiro atoms. The zero-order chi connectivity index (χ0) is 19.2. The largest absolute Gasteiger partial charge is 0.371 e. The number of carbonyl (C=O) groups is 1. The maximum Gasteiger partial charge on any atom is 0.244 e. The third kappa shape index (κ3) is 5.36. The minimum atomic E-state index is -0.128. The van der Waals surface area contributed by atoms with Crippen LogP contribution in [0.5, 0.6) is 0 Å². The van der Waals surface area contributed by atoms with Crippen LogP contribution in [0.2, 0.25) is 5.02 Å². The first kappa shape index (κ1) is 19.5. The average Bonchev–Trinajstić information content (AvgIpc) is 2.67. The highest BCUT2D eigenvalue weighted by Crippen LogP contribution is 2.24. The molecule has 1 aliphatic heterocycles. The molecule has 3 nitrogen and oxygen atoms in total. The first-order valence-corrected chi connectivity index (χ1v) is 9.99. The molecular weight excluding hydrogens is 356 g/mol. The van der Waals surface area contributed by atoms with Crippen molar-refractivity contribution in [2.24, 2.45) is 5.92 Å². The fourth-order valence-electron chi connectivity index (χ4n) is 3.52. The lowest BCUT2D eigenvalue weighted by Crippen LogP contribution is -2.34. The molecular formula is C23H27ClN2O. The number of anilines is 1.